The number of non-ortho nitro benzene ring substituents is 1. The van der Waals surface area contributed by atoms with Crippen LogP contribution in [0.1, 0.15) is 17.5 Å². The van der Waals surface area contributed by atoms with Crippen LogP contribution in [0.15, 0.2) is 65.3 Å². The molecule has 0 unspecified atom stereocenters. The maximum atomic E-state index is 12.3. The third kappa shape index (κ3) is 3.76. The number of carbonyl (C=O) groups excluding carboxylic acids is 2. The molecule has 2 amide bonds. The molecule has 0 aliphatic carbocycles. The van der Waals surface area contributed by atoms with Gasteiger partial charge in [0, 0.05) is 24.7 Å². The summed E-state index contributed by atoms with van der Waals surface area (Å²) in [4.78, 5) is 40.6. The van der Waals surface area contributed by atoms with Crippen molar-refractivity contribution in [1.82, 2.24) is 4.98 Å². The zero-order valence-electron chi connectivity index (χ0n) is 15.6. The van der Waals surface area contributed by atoms with Gasteiger partial charge in [-0.05, 0) is 42.5 Å². The van der Waals surface area contributed by atoms with Gasteiger partial charge in [-0.3, -0.25) is 29.9 Å². The summed E-state index contributed by atoms with van der Waals surface area (Å²) >= 11 is 1.26. The van der Waals surface area contributed by atoms with Gasteiger partial charge in [0.15, 0.2) is 10.9 Å². The van der Waals surface area contributed by atoms with E-state index in [2.05, 4.69) is 10.3 Å². The molecular formula is C20H14N4O5S. The first kappa shape index (κ1) is 19.3. The van der Waals surface area contributed by atoms with Crippen molar-refractivity contribution in [3.05, 3.63) is 76.7 Å². The molecule has 0 bridgehead atoms. The molecule has 0 radical (unpaired) electrons. The number of nitro benzene ring substituents is 1. The Labute approximate surface area is 173 Å². The van der Waals surface area contributed by atoms with Crippen molar-refractivity contribution in [2.45, 2.75) is 6.92 Å². The fourth-order valence-electron chi connectivity index (χ4n) is 2.91. The molecular weight excluding hydrogens is 408 g/mol. The molecule has 4 aromatic rings. The molecule has 4 rings (SSSR count). The molecule has 0 aliphatic heterocycles. The molecule has 2 aromatic carbocycles. The zero-order valence-corrected chi connectivity index (χ0v) is 16.4. The fraction of sp³-hybridized carbons (Fsp3) is 0.0500. The van der Waals surface area contributed by atoms with Gasteiger partial charge in [-0.15, -0.1) is 0 Å². The van der Waals surface area contributed by atoms with E-state index in [-0.39, 0.29) is 17.4 Å². The number of hydrogen-bond donors (Lipinski definition) is 1. The maximum Gasteiger partial charge on any atom is 0.293 e. The fourth-order valence-corrected chi connectivity index (χ4v) is 3.80. The number of amides is 2. The molecule has 10 heteroatoms. The van der Waals surface area contributed by atoms with Crippen LogP contribution in [0.5, 0.6) is 0 Å². The summed E-state index contributed by atoms with van der Waals surface area (Å²) < 4.78 is 5.83. The summed E-state index contributed by atoms with van der Waals surface area (Å²) in [6, 6.07) is 14.1. The Morgan fingerprint density at radius 2 is 1.87 bits per heavy atom. The first-order valence-corrected chi connectivity index (χ1v) is 9.54. The third-order valence-electron chi connectivity index (χ3n) is 4.23. The maximum absolute atomic E-state index is 12.3. The highest BCUT2D eigenvalue weighted by atomic mass is 32.1. The molecule has 0 fully saturated rings. The number of thiazole rings is 1. The van der Waals surface area contributed by atoms with Gasteiger partial charge in [0.05, 0.1) is 27.1 Å². The Kier molecular flexibility index (Phi) is 4.98. The zero-order chi connectivity index (χ0) is 21.3. The van der Waals surface area contributed by atoms with Crippen LogP contribution >= 0.6 is 11.3 Å². The summed E-state index contributed by atoms with van der Waals surface area (Å²) in [7, 11) is 0. The van der Waals surface area contributed by atoms with Gasteiger partial charge < -0.3 is 4.42 Å². The molecule has 0 spiro atoms. The minimum Gasteiger partial charge on any atom is -0.459 e. The molecule has 2 aromatic heterocycles. The van der Waals surface area contributed by atoms with E-state index >= 15 is 0 Å². The standard InChI is InChI=1S/C20H14N4O5S/c1-12(25)23(13-4-6-14(7-5-13)24(27)28)15-8-9-16-18(11-15)30-20(21-16)22-19(26)17-3-2-10-29-17/h2-11H,1H3,(H,21,22,26). The van der Waals surface area contributed by atoms with E-state index in [1.165, 1.54) is 53.7 Å². The van der Waals surface area contributed by atoms with Crippen molar-refractivity contribution in [3.63, 3.8) is 0 Å². The van der Waals surface area contributed by atoms with E-state index in [1.54, 1.807) is 30.3 Å². The minimum atomic E-state index is -0.496. The topological polar surface area (TPSA) is 119 Å². The number of nitrogens with zero attached hydrogens (tertiary/aromatic N) is 3. The number of rotatable bonds is 5. The van der Waals surface area contributed by atoms with Crippen molar-refractivity contribution < 1.29 is 18.9 Å². The van der Waals surface area contributed by atoms with Gasteiger partial charge in [-0.2, -0.15) is 0 Å². The summed E-state index contributed by atoms with van der Waals surface area (Å²) in [5.74, 6) is -0.481. The summed E-state index contributed by atoms with van der Waals surface area (Å²) in [6.07, 6.45) is 1.41. The van der Waals surface area contributed by atoms with Crippen LogP contribution in [-0.2, 0) is 4.79 Å². The quantitative estimate of drug-likeness (QED) is 0.367. The third-order valence-corrected chi connectivity index (χ3v) is 5.16. The van der Waals surface area contributed by atoms with Gasteiger partial charge >= 0.3 is 0 Å². The number of hydrogen-bond acceptors (Lipinski definition) is 7. The van der Waals surface area contributed by atoms with Crippen LogP contribution in [0.4, 0.5) is 22.2 Å². The molecule has 150 valence electrons. The van der Waals surface area contributed by atoms with E-state index in [0.717, 1.165) is 4.70 Å². The normalized spacial score (nSPS) is 10.7. The lowest BCUT2D eigenvalue weighted by atomic mass is 10.2. The summed E-state index contributed by atoms with van der Waals surface area (Å²) in [5.41, 5.74) is 1.68. The molecule has 0 aliphatic rings. The number of anilines is 3. The van der Waals surface area contributed by atoms with Crippen molar-refractivity contribution >= 4 is 55.6 Å². The van der Waals surface area contributed by atoms with Gasteiger partial charge in [0.2, 0.25) is 5.91 Å². The molecule has 0 atom stereocenters. The Hall–Kier alpha value is -4.05. The highest BCUT2D eigenvalue weighted by molar-refractivity contribution is 7.22. The number of fused-ring (bicyclic) bond motifs is 1. The van der Waals surface area contributed by atoms with Gasteiger partial charge in [0.1, 0.15) is 0 Å². The average molecular weight is 422 g/mol. The molecule has 9 nitrogen and oxygen atoms in total. The Morgan fingerprint density at radius 1 is 1.13 bits per heavy atom. The molecule has 2 heterocycles. The van der Waals surface area contributed by atoms with Crippen molar-refractivity contribution in [1.29, 1.82) is 0 Å². The second-order valence-electron chi connectivity index (χ2n) is 6.23. The van der Waals surface area contributed by atoms with Crippen molar-refractivity contribution in [2.24, 2.45) is 0 Å². The first-order chi connectivity index (χ1) is 14.4. The predicted octanol–water partition coefficient (Wildman–Crippen LogP) is 4.73. The second kappa shape index (κ2) is 7.76. The average Bonchev–Trinajstić information content (AvgIpc) is 3.37. The van der Waals surface area contributed by atoms with Gasteiger partial charge in [0.25, 0.3) is 11.6 Å². The largest absolute Gasteiger partial charge is 0.459 e. The van der Waals surface area contributed by atoms with Crippen LogP contribution in [0.25, 0.3) is 10.2 Å². The van der Waals surface area contributed by atoms with E-state index in [1.807, 2.05) is 0 Å². The Bertz CT molecular complexity index is 1250. The lowest BCUT2D eigenvalue weighted by Gasteiger charge is -2.21. The number of aromatic nitrogens is 1. The molecule has 1 N–H and O–H groups in total. The van der Waals surface area contributed by atoms with Crippen molar-refractivity contribution in [2.75, 3.05) is 10.2 Å². The predicted molar refractivity (Wildman–Crippen MR) is 112 cm³/mol. The number of carbonyl (C=O) groups is 2. The van der Waals surface area contributed by atoms with E-state index in [4.69, 9.17) is 4.42 Å². The number of furan rings is 1. The van der Waals surface area contributed by atoms with Crippen molar-refractivity contribution in [3.8, 4) is 0 Å². The van der Waals surface area contributed by atoms with Gasteiger partial charge in [-0.25, -0.2) is 4.98 Å². The molecule has 0 saturated carbocycles. The number of nitrogens with one attached hydrogen (secondary N) is 1. The monoisotopic (exact) mass is 422 g/mol. The highest BCUT2D eigenvalue weighted by Crippen LogP contribution is 2.33. The molecule has 30 heavy (non-hydrogen) atoms. The van der Waals surface area contributed by atoms with Crippen LogP contribution < -0.4 is 10.2 Å². The van der Waals surface area contributed by atoms with Crippen LogP contribution in [0.2, 0.25) is 0 Å². The van der Waals surface area contributed by atoms with E-state index in [0.29, 0.717) is 22.0 Å². The first-order valence-electron chi connectivity index (χ1n) is 8.73. The summed E-state index contributed by atoms with van der Waals surface area (Å²) in [6.45, 7) is 1.41. The SMILES string of the molecule is CC(=O)N(c1ccc([N+](=O)[O-])cc1)c1ccc2nc(NC(=O)c3ccco3)sc2c1. The lowest BCUT2D eigenvalue weighted by Crippen LogP contribution is -2.22. The second-order valence-corrected chi connectivity index (χ2v) is 7.26. The smallest absolute Gasteiger partial charge is 0.293 e. The van der Waals surface area contributed by atoms with Gasteiger partial charge in [-0.1, -0.05) is 11.3 Å². The minimum absolute atomic E-state index is 0.0582. The highest BCUT2D eigenvalue weighted by Gasteiger charge is 2.18. The van der Waals surface area contributed by atoms with Crippen LogP contribution in [0, 0.1) is 10.1 Å². The van der Waals surface area contributed by atoms with E-state index < -0.39 is 10.8 Å². The van der Waals surface area contributed by atoms with E-state index in [9.17, 15) is 19.7 Å². The lowest BCUT2D eigenvalue weighted by molar-refractivity contribution is -0.384. The Morgan fingerprint density at radius 3 is 2.50 bits per heavy atom. The van der Waals surface area contributed by atoms with Crippen LogP contribution in [-0.4, -0.2) is 21.7 Å². The van der Waals surface area contributed by atoms with Crippen LogP contribution in [0.3, 0.4) is 0 Å². The summed E-state index contributed by atoms with van der Waals surface area (Å²) in [5, 5.41) is 14.0. The number of nitro groups is 1. The Balaban J connectivity index is 1.64. The molecule has 0 saturated heterocycles. The number of benzene rings is 2.